The van der Waals surface area contributed by atoms with Crippen molar-refractivity contribution in [2.45, 2.75) is 65.6 Å². The lowest BCUT2D eigenvalue weighted by molar-refractivity contribution is 0.256. The molecule has 3 unspecified atom stereocenters. The lowest BCUT2D eigenvalue weighted by Crippen LogP contribution is -2.27. The fraction of sp³-hybridized carbons (Fsp3) is 0.684. The maximum Gasteiger partial charge on any atom is 0.0236 e. The average molecular weight is 288 g/mol. The maximum atomic E-state index is 3.52. The van der Waals surface area contributed by atoms with Crippen LogP contribution in [-0.4, -0.2) is 30.1 Å². The van der Waals surface area contributed by atoms with Gasteiger partial charge in [-0.25, -0.2) is 0 Å². The molecule has 1 heterocycles. The second kappa shape index (κ2) is 7.42. The van der Waals surface area contributed by atoms with Crippen molar-refractivity contribution in [1.29, 1.82) is 0 Å². The van der Waals surface area contributed by atoms with E-state index in [0.29, 0.717) is 12.0 Å². The number of nitrogens with one attached hydrogen (secondary N) is 1. The minimum absolute atomic E-state index is 0.561. The first kappa shape index (κ1) is 16.5. The summed E-state index contributed by atoms with van der Waals surface area (Å²) in [5, 5.41) is 3.52. The summed E-state index contributed by atoms with van der Waals surface area (Å²) in [5.41, 5.74) is 2.89. The van der Waals surface area contributed by atoms with Gasteiger partial charge in [-0.05, 0) is 36.3 Å². The van der Waals surface area contributed by atoms with Crippen LogP contribution in [0.5, 0.6) is 0 Å². The summed E-state index contributed by atoms with van der Waals surface area (Å²) < 4.78 is 0. The molecule has 0 aliphatic carbocycles. The van der Waals surface area contributed by atoms with Crippen LogP contribution >= 0.6 is 0 Å². The van der Waals surface area contributed by atoms with Crippen molar-refractivity contribution in [2.24, 2.45) is 5.92 Å². The van der Waals surface area contributed by atoms with Gasteiger partial charge in [-0.1, -0.05) is 52.0 Å². The molecule has 1 saturated heterocycles. The summed E-state index contributed by atoms with van der Waals surface area (Å²) in [5.74, 6) is 1.42. The molecule has 1 aliphatic heterocycles. The Bertz CT molecular complexity index is 424. The molecule has 1 fully saturated rings. The van der Waals surface area contributed by atoms with Gasteiger partial charge in [0.1, 0.15) is 0 Å². The van der Waals surface area contributed by atoms with Crippen LogP contribution in [0.3, 0.4) is 0 Å². The normalized spacial score (nSPS) is 24.7. The number of benzene rings is 1. The molecule has 0 saturated carbocycles. The quantitative estimate of drug-likeness (QED) is 0.850. The average Bonchev–Trinajstić information content (AvgIpc) is 2.75. The van der Waals surface area contributed by atoms with Crippen LogP contribution in [0.4, 0.5) is 0 Å². The van der Waals surface area contributed by atoms with Crippen molar-refractivity contribution in [1.82, 2.24) is 10.2 Å². The zero-order valence-corrected chi connectivity index (χ0v) is 14.4. The summed E-state index contributed by atoms with van der Waals surface area (Å²) >= 11 is 0. The predicted molar refractivity (Wildman–Crippen MR) is 91.6 cm³/mol. The first-order valence-electron chi connectivity index (χ1n) is 8.52. The van der Waals surface area contributed by atoms with Crippen LogP contribution in [0, 0.1) is 5.92 Å². The van der Waals surface area contributed by atoms with Crippen molar-refractivity contribution in [3.8, 4) is 0 Å². The predicted octanol–water partition coefficient (Wildman–Crippen LogP) is 4.02. The fourth-order valence-electron chi connectivity index (χ4n) is 3.32. The van der Waals surface area contributed by atoms with Gasteiger partial charge in [0.05, 0.1) is 0 Å². The first-order chi connectivity index (χ1) is 9.95. The number of nitrogens with zero attached hydrogens (tertiary/aromatic N) is 1. The Balaban J connectivity index is 1.89. The van der Waals surface area contributed by atoms with Crippen molar-refractivity contribution in [3.05, 3.63) is 35.4 Å². The van der Waals surface area contributed by atoms with Crippen LogP contribution in [-0.2, 0) is 6.54 Å². The summed E-state index contributed by atoms with van der Waals surface area (Å²) in [6.07, 6.45) is 1.34. The van der Waals surface area contributed by atoms with Gasteiger partial charge in [-0.2, -0.15) is 0 Å². The van der Waals surface area contributed by atoms with Crippen molar-refractivity contribution < 1.29 is 0 Å². The molecule has 1 aromatic rings. The third kappa shape index (κ3) is 4.82. The molecule has 2 nitrogen and oxygen atoms in total. The number of hydrogen-bond donors (Lipinski definition) is 1. The fourth-order valence-corrected chi connectivity index (χ4v) is 3.32. The molecule has 1 aromatic carbocycles. The summed E-state index contributed by atoms with van der Waals surface area (Å²) in [7, 11) is 0. The molecule has 2 heteroatoms. The molecule has 1 N–H and O–H groups in total. The highest BCUT2D eigenvalue weighted by Gasteiger charge is 2.25. The van der Waals surface area contributed by atoms with Crippen molar-refractivity contribution in [2.75, 3.05) is 13.1 Å². The largest absolute Gasteiger partial charge is 0.314 e. The molecule has 118 valence electrons. The van der Waals surface area contributed by atoms with Crippen LogP contribution < -0.4 is 5.32 Å². The molecule has 0 bridgehead atoms. The molecule has 3 atom stereocenters. The minimum atomic E-state index is 0.561. The van der Waals surface area contributed by atoms with Gasteiger partial charge in [0.2, 0.25) is 0 Å². The molecule has 21 heavy (non-hydrogen) atoms. The lowest BCUT2D eigenvalue weighted by Gasteiger charge is -2.21. The van der Waals surface area contributed by atoms with Crippen molar-refractivity contribution in [3.63, 3.8) is 0 Å². The number of rotatable bonds is 6. The molecular weight excluding hydrogens is 256 g/mol. The van der Waals surface area contributed by atoms with Gasteiger partial charge in [-0.15, -0.1) is 0 Å². The van der Waals surface area contributed by atoms with Gasteiger partial charge in [0.15, 0.2) is 0 Å². The SMILES string of the molecule is CC1CC(C)N(Cc2ccc(C(C)CNC(C)C)cc2)C1. The Labute approximate surface area is 130 Å². The third-order valence-corrected chi connectivity index (χ3v) is 4.68. The molecule has 0 amide bonds. The smallest absolute Gasteiger partial charge is 0.0236 e. The first-order valence-corrected chi connectivity index (χ1v) is 8.52. The van der Waals surface area contributed by atoms with Crippen LogP contribution in [0.15, 0.2) is 24.3 Å². The molecule has 2 rings (SSSR count). The molecule has 0 spiro atoms. The van der Waals surface area contributed by atoms with E-state index in [0.717, 1.165) is 25.0 Å². The topological polar surface area (TPSA) is 15.3 Å². The van der Waals surface area contributed by atoms with E-state index < -0.39 is 0 Å². The van der Waals surface area contributed by atoms with Gasteiger partial charge in [0, 0.05) is 31.7 Å². The van der Waals surface area contributed by atoms with Crippen molar-refractivity contribution >= 4 is 0 Å². The highest BCUT2D eigenvalue weighted by atomic mass is 15.2. The van der Waals surface area contributed by atoms with E-state index in [4.69, 9.17) is 0 Å². The van der Waals surface area contributed by atoms with E-state index in [1.54, 1.807) is 0 Å². The molecule has 1 aliphatic rings. The van der Waals surface area contributed by atoms with Crippen LogP contribution in [0.2, 0.25) is 0 Å². The highest BCUT2D eigenvalue weighted by molar-refractivity contribution is 5.25. The zero-order valence-electron chi connectivity index (χ0n) is 14.4. The summed E-state index contributed by atoms with van der Waals surface area (Å²) in [6.45, 7) is 14.8. The zero-order chi connectivity index (χ0) is 15.4. The Morgan fingerprint density at radius 3 is 2.33 bits per heavy atom. The Morgan fingerprint density at radius 2 is 1.81 bits per heavy atom. The Morgan fingerprint density at radius 1 is 1.14 bits per heavy atom. The van der Waals surface area contributed by atoms with E-state index in [2.05, 4.69) is 69.1 Å². The lowest BCUT2D eigenvalue weighted by atomic mass is 9.99. The van der Waals surface area contributed by atoms with Crippen LogP contribution in [0.25, 0.3) is 0 Å². The third-order valence-electron chi connectivity index (χ3n) is 4.68. The van der Waals surface area contributed by atoms with Gasteiger partial charge in [0.25, 0.3) is 0 Å². The van der Waals surface area contributed by atoms with E-state index in [1.807, 2.05) is 0 Å². The van der Waals surface area contributed by atoms with E-state index in [1.165, 1.54) is 24.1 Å². The summed E-state index contributed by atoms with van der Waals surface area (Å²) in [4.78, 5) is 2.61. The minimum Gasteiger partial charge on any atom is -0.314 e. The van der Waals surface area contributed by atoms with Gasteiger partial charge in [-0.3, -0.25) is 4.90 Å². The van der Waals surface area contributed by atoms with Crippen LogP contribution in [0.1, 0.15) is 58.1 Å². The Hall–Kier alpha value is -0.860. The molecule has 0 radical (unpaired) electrons. The maximum absolute atomic E-state index is 3.52. The molecular formula is C19H32N2. The highest BCUT2D eigenvalue weighted by Crippen LogP contribution is 2.24. The second-order valence-corrected chi connectivity index (χ2v) is 7.32. The van der Waals surface area contributed by atoms with E-state index in [-0.39, 0.29) is 0 Å². The van der Waals surface area contributed by atoms with E-state index in [9.17, 15) is 0 Å². The Kier molecular flexibility index (Phi) is 5.83. The number of likely N-dealkylation sites (tertiary alicyclic amines) is 1. The number of hydrogen-bond acceptors (Lipinski definition) is 2. The van der Waals surface area contributed by atoms with Gasteiger partial charge < -0.3 is 5.32 Å². The summed E-state index contributed by atoms with van der Waals surface area (Å²) in [6, 6.07) is 10.5. The van der Waals surface area contributed by atoms with Gasteiger partial charge >= 0.3 is 0 Å². The molecule has 0 aromatic heterocycles. The second-order valence-electron chi connectivity index (χ2n) is 7.32. The standard InChI is InChI=1S/C19H32N2/c1-14(2)20-11-16(4)19-8-6-18(7-9-19)13-21-12-15(3)10-17(21)5/h6-9,14-17,20H,10-13H2,1-5H3. The van der Waals surface area contributed by atoms with E-state index >= 15 is 0 Å². The monoisotopic (exact) mass is 288 g/mol.